The number of carbonyl (C=O) groups excluding carboxylic acids is 1. The topological polar surface area (TPSA) is 69.6 Å². The second-order valence-corrected chi connectivity index (χ2v) is 3.35. The molecule has 5 nitrogen and oxygen atoms in total. The Morgan fingerprint density at radius 1 is 1.50 bits per heavy atom. The highest BCUT2D eigenvalue weighted by molar-refractivity contribution is 5.82. The molecule has 5 heteroatoms. The van der Waals surface area contributed by atoms with Gasteiger partial charge >= 0.3 is 5.97 Å². The highest BCUT2D eigenvalue weighted by Gasteiger charge is 2.19. The molecule has 2 N–H and O–H groups in total. The van der Waals surface area contributed by atoms with Crippen LogP contribution < -0.4 is 5.32 Å². The van der Waals surface area contributed by atoms with Crippen molar-refractivity contribution in [2.75, 3.05) is 20.1 Å². The monoisotopic (exact) mass is 202 g/mol. The fourth-order valence-corrected chi connectivity index (χ4v) is 1.22. The summed E-state index contributed by atoms with van der Waals surface area (Å²) in [5.74, 6) is -1.31. The molecule has 0 saturated heterocycles. The van der Waals surface area contributed by atoms with Crippen molar-refractivity contribution in [3.63, 3.8) is 0 Å². The summed E-state index contributed by atoms with van der Waals surface area (Å²) in [5.41, 5.74) is 0. The third-order valence-electron chi connectivity index (χ3n) is 1.78. The molecule has 14 heavy (non-hydrogen) atoms. The lowest BCUT2D eigenvalue weighted by atomic mass is 10.2. The predicted octanol–water partition coefficient (Wildman–Crippen LogP) is -0.0825. The number of nitrogens with zero attached hydrogens (tertiary/aromatic N) is 1. The van der Waals surface area contributed by atoms with Crippen molar-refractivity contribution < 1.29 is 14.7 Å². The molecule has 82 valence electrons. The van der Waals surface area contributed by atoms with E-state index in [-0.39, 0.29) is 5.91 Å². The first-order chi connectivity index (χ1) is 6.47. The Morgan fingerprint density at radius 2 is 2.07 bits per heavy atom. The summed E-state index contributed by atoms with van der Waals surface area (Å²) >= 11 is 0. The molecule has 0 rings (SSSR count). The van der Waals surface area contributed by atoms with Crippen LogP contribution in [0.4, 0.5) is 0 Å². The van der Waals surface area contributed by atoms with Gasteiger partial charge in [-0.3, -0.25) is 4.79 Å². The molecule has 0 aliphatic carbocycles. The molecule has 0 aromatic heterocycles. The Kier molecular flexibility index (Phi) is 5.87. The molecule has 0 aromatic carbocycles. The van der Waals surface area contributed by atoms with Crippen molar-refractivity contribution >= 4 is 11.9 Å². The lowest BCUT2D eigenvalue weighted by molar-refractivity contribution is -0.142. The van der Waals surface area contributed by atoms with Crippen molar-refractivity contribution in [1.29, 1.82) is 0 Å². The van der Waals surface area contributed by atoms with Crippen LogP contribution in [-0.4, -0.2) is 48.1 Å². The minimum Gasteiger partial charge on any atom is -0.480 e. The summed E-state index contributed by atoms with van der Waals surface area (Å²) in [4.78, 5) is 23.3. The van der Waals surface area contributed by atoms with Gasteiger partial charge in [-0.1, -0.05) is 6.92 Å². The minimum absolute atomic E-state index is 0.317. The van der Waals surface area contributed by atoms with Crippen LogP contribution in [0.1, 0.15) is 20.3 Å². The maximum Gasteiger partial charge on any atom is 0.327 e. The summed E-state index contributed by atoms with van der Waals surface area (Å²) in [6.07, 6.45) is 0.961. The largest absolute Gasteiger partial charge is 0.480 e. The minimum atomic E-state index is -0.997. The highest BCUT2D eigenvalue weighted by Crippen LogP contribution is 1.92. The molecular weight excluding hydrogens is 184 g/mol. The van der Waals surface area contributed by atoms with E-state index in [2.05, 4.69) is 5.32 Å². The predicted molar refractivity (Wildman–Crippen MR) is 53.0 cm³/mol. The molecule has 0 bridgehead atoms. The van der Waals surface area contributed by atoms with Gasteiger partial charge in [0.2, 0.25) is 5.91 Å². The van der Waals surface area contributed by atoms with E-state index in [0.717, 1.165) is 13.0 Å². The van der Waals surface area contributed by atoms with Crippen LogP contribution in [0.15, 0.2) is 0 Å². The van der Waals surface area contributed by atoms with E-state index >= 15 is 0 Å². The van der Waals surface area contributed by atoms with E-state index in [1.165, 1.54) is 6.92 Å². The van der Waals surface area contributed by atoms with Crippen LogP contribution in [0.5, 0.6) is 0 Å². The number of nitrogens with one attached hydrogen (secondary N) is 1. The van der Waals surface area contributed by atoms with Crippen molar-refractivity contribution in [2.45, 2.75) is 26.3 Å². The molecule has 0 aliphatic rings. The summed E-state index contributed by atoms with van der Waals surface area (Å²) in [6, 6.07) is -0.816. The Labute approximate surface area is 84.1 Å². The zero-order chi connectivity index (χ0) is 11.1. The number of aliphatic carboxylic acids is 1. The first kappa shape index (κ1) is 12.9. The fraction of sp³-hybridized carbons (Fsp3) is 0.778. The molecule has 0 saturated carbocycles. The van der Waals surface area contributed by atoms with Gasteiger partial charge in [0.15, 0.2) is 0 Å². The molecule has 1 amide bonds. The normalized spacial score (nSPS) is 12.6. The van der Waals surface area contributed by atoms with E-state index in [1.807, 2.05) is 18.9 Å². The average molecular weight is 202 g/mol. The van der Waals surface area contributed by atoms with Crippen molar-refractivity contribution in [1.82, 2.24) is 10.2 Å². The molecule has 0 spiro atoms. The standard InChI is InChI=1S/C9H18N2O3/c1-4-5-11(3)6-8(9(13)14)10-7(2)12/h8H,4-6H2,1-3H3,(H,10,12)(H,13,14). The van der Waals surface area contributed by atoms with E-state index in [4.69, 9.17) is 5.11 Å². The van der Waals surface area contributed by atoms with Crippen LogP contribution in [0.25, 0.3) is 0 Å². The third-order valence-corrected chi connectivity index (χ3v) is 1.78. The molecule has 1 unspecified atom stereocenters. The van der Waals surface area contributed by atoms with Gasteiger partial charge in [-0.05, 0) is 20.0 Å². The molecule has 0 aliphatic heterocycles. The van der Waals surface area contributed by atoms with Gasteiger partial charge in [-0.25, -0.2) is 4.79 Å². The lowest BCUT2D eigenvalue weighted by Gasteiger charge is -2.20. The van der Waals surface area contributed by atoms with Crippen LogP contribution in [0.2, 0.25) is 0 Å². The first-order valence-electron chi connectivity index (χ1n) is 4.65. The molecule has 0 aromatic rings. The Hall–Kier alpha value is -1.10. The van der Waals surface area contributed by atoms with Gasteiger partial charge in [0, 0.05) is 13.5 Å². The number of carbonyl (C=O) groups is 2. The smallest absolute Gasteiger partial charge is 0.327 e. The quantitative estimate of drug-likeness (QED) is 0.632. The van der Waals surface area contributed by atoms with Crippen molar-refractivity contribution in [2.24, 2.45) is 0 Å². The van der Waals surface area contributed by atoms with Gasteiger partial charge < -0.3 is 15.3 Å². The van der Waals surface area contributed by atoms with Crippen LogP contribution in [0.3, 0.4) is 0 Å². The summed E-state index contributed by atoms with van der Waals surface area (Å²) in [7, 11) is 1.83. The molecule has 0 radical (unpaired) electrons. The van der Waals surface area contributed by atoms with Gasteiger partial charge in [0.05, 0.1) is 0 Å². The summed E-state index contributed by atoms with van der Waals surface area (Å²) in [5, 5.41) is 11.2. The highest BCUT2D eigenvalue weighted by atomic mass is 16.4. The van der Waals surface area contributed by atoms with Crippen LogP contribution in [0, 0.1) is 0 Å². The number of hydrogen-bond donors (Lipinski definition) is 2. The van der Waals surface area contributed by atoms with Gasteiger partial charge in [0.25, 0.3) is 0 Å². The van der Waals surface area contributed by atoms with E-state index in [0.29, 0.717) is 6.54 Å². The molecule has 1 atom stereocenters. The van der Waals surface area contributed by atoms with Crippen LogP contribution in [-0.2, 0) is 9.59 Å². The maximum atomic E-state index is 10.7. The second kappa shape index (κ2) is 6.37. The lowest BCUT2D eigenvalue weighted by Crippen LogP contribution is -2.47. The number of likely N-dealkylation sites (N-methyl/N-ethyl adjacent to an activating group) is 1. The zero-order valence-electron chi connectivity index (χ0n) is 8.91. The third kappa shape index (κ3) is 5.53. The number of carboxylic acids is 1. The number of carboxylic acid groups (broad SMARTS) is 1. The Morgan fingerprint density at radius 3 is 2.43 bits per heavy atom. The van der Waals surface area contributed by atoms with Gasteiger partial charge in [-0.15, -0.1) is 0 Å². The van der Waals surface area contributed by atoms with E-state index < -0.39 is 12.0 Å². The summed E-state index contributed by atoms with van der Waals surface area (Å²) < 4.78 is 0. The van der Waals surface area contributed by atoms with Gasteiger partial charge in [0.1, 0.15) is 6.04 Å². The maximum absolute atomic E-state index is 10.7. The first-order valence-corrected chi connectivity index (χ1v) is 4.65. The molecular formula is C9H18N2O3. The van der Waals surface area contributed by atoms with E-state index in [1.54, 1.807) is 0 Å². The molecule has 0 fully saturated rings. The number of amides is 1. The van der Waals surface area contributed by atoms with Gasteiger partial charge in [-0.2, -0.15) is 0 Å². The van der Waals surface area contributed by atoms with Crippen molar-refractivity contribution in [3.05, 3.63) is 0 Å². The number of hydrogen-bond acceptors (Lipinski definition) is 3. The second-order valence-electron chi connectivity index (χ2n) is 3.35. The zero-order valence-corrected chi connectivity index (χ0v) is 8.91. The van der Waals surface area contributed by atoms with Crippen molar-refractivity contribution in [3.8, 4) is 0 Å². The van der Waals surface area contributed by atoms with Crippen LogP contribution >= 0.6 is 0 Å². The fourth-order valence-electron chi connectivity index (χ4n) is 1.22. The average Bonchev–Trinajstić information content (AvgIpc) is 2.02. The Bertz CT molecular complexity index is 206. The summed E-state index contributed by atoms with van der Waals surface area (Å²) in [6.45, 7) is 4.49. The van der Waals surface area contributed by atoms with E-state index in [9.17, 15) is 9.59 Å². The number of rotatable bonds is 6. The Balaban J connectivity index is 4.08. The SMILES string of the molecule is CCCN(C)CC(NC(C)=O)C(=O)O. The molecule has 0 heterocycles.